The van der Waals surface area contributed by atoms with Gasteiger partial charge in [-0.05, 0) is 41.7 Å². The molecule has 2 heterocycles. The number of hydrogen-bond donors (Lipinski definition) is 0. The van der Waals surface area contributed by atoms with Crippen LogP contribution in [-0.2, 0) is 12.4 Å². The third-order valence-corrected chi connectivity index (χ3v) is 5.74. The van der Waals surface area contributed by atoms with Crippen molar-refractivity contribution in [1.82, 2.24) is 9.88 Å². The van der Waals surface area contributed by atoms with Crippen LogP contribution in [0.3, 0.4) is 0 Å². The van der Waals surface area contributed by atoms with Crippen LogP contribution in [0.4, 0.5) is 0 Å². The molecular weight excluding hydrogens is 308 g/mol. The van der Waals surface area contributed by atoms with Gasteiger partial charge in [-0.1, -0.05) is 6.92 Å². The number of aromatic nitrogens is 1. The summed E-state index contributed by atoms with van der Waals surface area (Å²) in [7, 11) is 0. The summed E-state index contributed by atoms with van der Waals surface area (Å²) in [4.78, 5) is 7.35. The van der Waals surface area contributed by atoms with Crippen LogP contribution in [0.25, 0.3) is 0 Å². The van der Waals surface area contributed by atoms with Crippen LogP contribution in [0.5, 0.6) is 0 Å². The van der Waals surface area contributed by atoms with Crippen LogP contribution in [0.2, 0.25) is 0 Å². The minimum atomic E-state index is 0.435. The molecule has 0 saturated heterocycles. The predicted molar refractivity (Wildman–Crippen MR) is 87.6 cm³/mol. The maximum Gasteiger partial charge on any atom is 0.110 e. The van der Waals surface area contributed by atoms with E-state index in [9.17, 15) is 0 Å². The molecule has 2 aromatic rings. The first-order valence-electron chi connectivity index (χ1n) is 7.09. The van der Waals surface area contributed by atoms with E-state index < -0.39 is 0 Å². The van der Waals surface area contributed by atoms with E-state index in [0.29, 0.717) is 11.9 Å². The van der Waals surface area contributed by atoms with Gasteiger partial charge in [-0.2, -0.15) is 11.3 Å². The zero-order valence-electron chi connectivity index (χ0n) is 11.6. The van der Waals surface area contributed by atoms with Gasteiger partial charge in [0.05, 0.1) is 17.6 Å². The van der Waals surface area contributed by atoms with Gasteiger partial charge in [-0.15, -0.1) is 22.9 Å². The molecule has 0 amide bonds. The second-order valence-electron chi connectivity index (χ2n) is 5.27. The minimum absolute atomic E-state index is 0.435. The highest BCUT2D eigenvalue weighted by Gasteiger charge is 2.35. The summed E-state index contributed by atoms with van der Waals surface area (Å²) in [5.41, 5.74) is 2.44. The third-order valence-electron chi connectivity index (χ3n) is 3.74. The molecule has 0 N–H and O–H groups in total. The summed E-state index contributed by atoms with van der Waals surface area (Å²) in [6, 6.07) is 3.41. The Hall–Kier alpha value is -0.420. The molecule has 1 aliphatic carbocycles. The lowest BCUT2D eigenvalue weighted by Crippen LogP contribution is -2.30. The van der Waals surface area contributed by atoms with Crippen molar-refractivity contribution in [1.29, 1.82) is 0 Å². The van der Waals surface area contributed by atoms with E-state index in [-0.39, 0.29) is 0 Å². The molecule has 20 heavy (non-hydrogen) atoms. The Morgan fingerprint density at radius 2 is 2.30 bits per heavy atom. The van der Waals surface area contributed by atoms with Crippen molar-refractivity contribution in [2.24, 2.45) is 0 Å². The number of nitrogens with zero attached hydrogens (tertiary/aromatic N) is 2. The van der Waals surface area contributed by atoms with Crippen molar-refractivity contribution in [2.45, 2.75) is 50.7 Å². The monoisotopic (exact) mass is 326 g/mol. The largest absolute Gasteiger partial charge is 0.287 e. The molecule has 3 rings (SSSR count). The second-order valence-corrected chi connectivity index (χ2v) is 7.21. The standard InChI is InChI=1S/C15H19ClN2S2/c1-2-14(15-17-12(7-16)10-20-15)18(13-3-4-13)8-11-5-6-19-9-11/h5-6,9-10,13-14H,2-4,7-8H2,1H3. The van der Waals surface area contributed by atoms with Crippen molar-refractivity contribution in [3.05, 3.63) is 38.5 Å². The van der Waals surface area contributed by atoms with Crippen molar-refractivity contribution in [3.63, 3.8) is 0 Å². The Bertz CT molecular complexity index is 534. The summed E-state index contributed by atoms with van der Waals surface area (Å²) in [6.07, 6.45) is 3.76. The van der Waals surface area contributed by atoms with E-state index in [0.717, 1.165) is 24.7 Å². The van der Waals surface area contributed by atoms with E-state index in [1.807, 2.05) is 0 Å². The number of hydrogen-bond acceptors (Lipinski definition) is 4. The van der Waals surface area contributed by atoms with E-state index in [2.05, 4.69) is 34.0 Å². The van der Waals surface area contributed by atoms with Crippen molar-refractivity contribution < 1.29 is 0 Å². The molecular formula is C15H19ClN2S2. The fraction of sp³-hybridized carbons (Fsp3) is 0.533. The van der Waals surface area contributed by atoms with Crippen LogP contribution < -0.4 is 0 Å². The molecule has 1 aliphatic rings. The molecule has 1 unspecified atom stereocenters. The second kappa shape index (κ2) is 6.56. The number of rotatable bonds is 7. The van der Waals surface area contributed by atoms with Gasteiger partial charge < -0.3 is 0 Å². The SMILES string of the molecule is CCC(c1nc(CCl)cs1)N(Cc1ccsc1)C1CC1. The van der Waals surface area contributed by atoms with Crippen LogP contribution in [-0.4, -0.2) is 15.9 Å². The Balaban J connectivity index is 1.80. The van der Waals surface area contributed by atoms with Gasteiger partial charge >= 0.3 is 0 Å². The molecule has 0 aromatic carbocycles. The highest BCUT2D eigenvalue weighted by molar-refractivity contribution is 7.09. The molecule has 1 saturated carbocycles. The summed E-state index contributed by atoms with van der Waals surface area (Å²) in [5, 5.41) is 7.75. The molecule has 1 atom stereocenters. The summed E-state index contributed by atoms with van der Waals surface area (Å²) >= 11 is 9.43. The normalized spacial score (nSPS) is 16.8. The van der Waals surface area contributed by atoms with E-state index in [4.69, 9.17) is 16.6 Å². The summed E-state index contributed by atoms with van der Waals surface area (Å²) in [6.45, 7) is 3.30. The summed E-state index contributed by atoms with van der Waals surface area (Å²) in [5.74, 6) is 0.515. The first-order valence-corrected chi connectivity index (χ1v) is 9.44. The fourth-order valence-corrected chi connectivity index (χ4v) is 4.49. The van der Waals surface area contributed by atoms with Gasteiger partial charge in [-0.25, -0.2) is 4.98 Å². The first kappa shape index (κ1) is 14.5. The molecule has 1 fully saturated rings. The lowest BCUT2D eigenvalue weighted by atomic mass is 10.1. The van der Waals surface area contributed by atoms with Gasteiger partial charge in [0.25, 0.3) is 0 Å². The van der Waals surface area contributed by atoms with Gasteiger partial charge in [0, 0.05) is 18.0 Å². The average molecular weight is 327 g/mol. The Kier molecular flexibility index (Phi) is 4.76. The molecule has 0 spiro atoms. The van der Waals surface area contributed by atoms with Crippen LogP contribution >= 0.6 is 34.3 Å². The zero-order valence-corrected chi connectivity index (χ0v) is 14.0. The number of thiazole rings is 1. The molecule has 2 aromatic heterocycles. The smallest absolute Gasteiger partial charge is 0.110 e. The molecule has 0 bridgehead atoms. The van der Waals surface area contributed by atoms with Crippen LogP contribution in [0.15, 0.2) is 22.2 Å². The predicted octanol–water partition coefficient (Wildman–Crippen LogP) is 5.06. The van der Waals surface area contributed by atoms with Gasteiger partial charge in [0.1, 0.15) is 5.01 Å². The highest BCUT2D eigenvalue weighted by Crippen LogP contribution is 2.38. The number of halogens is 1. The van der Waals surface area contributed by atoms with E-state index >= 15 is 0 Å². The third kappa shape index (κ3) is 3.25. The molecule has 2 nitrogen and oxygen atoms in total. The van der Waals surface area contributed by atoms with Crippen LogP contribution in [0.1, 0.15) is 48.5 Å². The topological polar surface area (TPSA) is 16.1 Å². The Labute approximate surface area is 133 Å². The van der Waals surface area contributed by atoms with Gasteiger partial charge in [-0.3, -0.25) is 4.90 Å². The lowest BCUT2D eigenvalue weighted by molar-refractivity contribution is 0.172. The lowest BCUT2D eigenvalue weighted by Gasteiger charge is -2.29. The van der Waals surface area contributed by atoms with Gasteiger partial charge in [0.15, 0.2) is 0 Å². The molecule has 5 heteroatoms. The van der Waals surface area contributed by atoms with Gasteiger partial charge in [0.2, 0.25) is 0 Å². The van der Waals surface area contributed by atoms with Crippen molar-refractivity contribution >= 4 is 34.3 Å². The number of alkyl halides is 1. The minimum Gasteiger partial charge on any atom is -0.287 e. The van der Waals surface area contributed by atoms with E-state index in [1.165, 1.54) is 23.4 Å². The van der Waals surface area contributed by atoms with Crippen molar-refractivity contribution in [2.75, 3.05) is 0 Å². The molecule has 108 valence electrons. The molecule has 0 radical (unpaired) electrons. The Morgan fingerprint density at radius 3 is 2.85 bits per heavy atom. The van der Waals surface area contributed by atoms with E-state index in [1.54, 1.807) is 22.7 Å². The summed E-state index contributed by atoms with van der Waals surface area (Å²) < 4.78 is 0. The average Bonchev–Trinajstić information content (AvgIpc) is 2.99. The first-order chi connectivity index (χ1) is 9.81. The highest BCUT2D eigenvalue weighted by atomic mass is 35.5. The quantitative estimate of drug-likeness (QED) is 0.661. The van der Waals surface area contributed by atoms with Crippen LogP contribution in [0, 0.1) is 0 Å². The maximum atomic E-state index is 5.89. The fourth-order valence-electron chi connectivity index (χ4n) is 2.58. The molecule has 0 aliphatic heterocycles. The maximum absolute atomic E-state index is 5.89. The Morgan fingerprint density at radius 1 is 1.45 bits per heavy atom. The van der Waals surface area contributed by atoms with Crippen molar-refractivity contribution in [3.8, 4) is 0 Å². The number of thiophene rings is 1. The zero-order chi connectivity index (χ0) is 13.9.